The van der Waals surface area contributed by atoms with E-state index >= 15 is 0 Å². The van der Waals surface area contributed by atoms with Gasteiger partial charge in [-0.1, -0.05) is 12.1 Å². The van der Waals surface area contributed by atoms with Crippen molar-refractivity contribution in [1.29, 1.82) is 0 Å². The van der Waals surface area contributed by atoms with Crippen molar-refractivity contribution in [3.8, 4) is 16.9 Å². The van der Waals surface area contributed by atoms with Crippen LogP contribution < -0.4 is 11.1 Å². The first-order valence-corrected chi connectivity index (χ1v) is 5.44. The maximum atomic E-state index is 11.8. The highest BCUT2D eigenvalue weighted by molar-refractivity contribution is 5.86. The van der Waals surface area contributed by atoms with Crippen molar-refractivity contribution in [3.05, 3.63) is 63.2 Å². The summed E-state index contributed by atoms with van der Waals surface area (Å²) < 4.78 is 0. The lowest BCUT2D eigenvalue weighted by Crippen LogP contribution is -2.12. The van der Waals surface area contributed by atoms with Gasteiger partial charge >= 0.3 is 0 Å². The fourth-order valence-electron chi connectivity index (χ4n) is 2.01. The molecular weight excluding hydrogens is 230 g/mol. The normalized spacial score (nSPS) is 10.9. The second-order valence-electron chi connectivity index (χ2n) is 4.09. The molecule has 88 valence electrons. The third kappa shape index (κ3) is 1.55. The molecular formula is C14H9NO3. The summed E-state index contributed by atoms with van der Waals surface area (Å²) in [5.41, 5.74) is 0.688. The fraction of sp³-hybridized carbons (Fsp3) is 0. The zero-order chi connectivity index (χ0) is 12.7. The van der Waals surface area contributed by atoms with Crippen molar-refractivity contribution in [3.63, 3.8) is 0 Å². The van der Waals surface area contributed by atoms with Gasteiger partial charge in [-0.15, -0.1) is 0 Å². The molecule has 2 heterocycles. The number of hydrogen-bond acceptors (Lipinski definition) is 3. The van der Waals surface area contributed by atoms with E-state index < -0.39 is 5.56 Å². The van der Waals surface area contributed by atoms with Crippen molar-refractivity contribution in [2.45, 2.75) is 0 Å². The molecule has 4 rings (SSSR count). The van der Waals surface area contributed by atoms with Crippen LogP contribution in [0.1, 0.15) is 0 Å². The smallest absolute Gasteiger partial charge is 0.258 e. The van der Waals surface area contributed by atoms with Gasteiger partial charge < -0.3 is 5.11 Å². The highest BCUT2D eigenvalue weighted by atomic mass is 16.3. The summed E-state index contributed by atoms with van der Waals surface area (Å²) in [5, 5.41) is 10.2. The van der Waals surface area contributed by atoms with Gasteiger partial charge in [-0.25, -0.2) is 0 Å². The molecule has 0 aliphatic heterocycles. The van der Waals surface area contributed by atoms with Crippen LogP contribution in [0.25, 0.3) is 21.9 Å². The van der Waals surface area contributed by atoms with Crippen LogP contribution in [0.2, 0.25) is 0 Å². The summed E-state index contributed by atoms with van der Waals surface area (Å²) in [7, 11) is 0. The van der Waals surface area contributed by atoms with Gasteiger partial charge in [-0.2, -0.15) is 0 Å². The van der Waals surface area contributed by atoms with Crippen LogP contribution >= 0.6 is 0 Å². The van der Waals surface area contributed by atoms with Gasteiger partial charge in [-0.05, 0) is 41.5 Å². The van der Waals surface area contributed by atoms with Crippen LogP contribution in [0.4, 0.5) is 0 Å². The fourth-order valence-corrected chi connectivity index (χ4v) is 2.01. The summed E-state index contributed by atoms with van der Waals surface area (Å²) >= 11 is 0. The van der Waals surface area contributed by atoms with Crippen LogP contribution in [0.3, 0.4) is 0 Å². The van der Waals surface area contributed by atoms with Crippen molar-refractivity contribution in [2.24, 2.45) is 0 Å². The second-order valence-corrected chi connectivity index (χ2v) is 4.09. The molecule has 2 aromatic heterocycles. The Kier molecular flexibility index (Phi) is 2.16. The standard InChI is InChI=1S/C14H9NO3/c16-10-4-1-8(2-5-10)12-7-9-3-6-11(12)14(18)15-13(9)17/h1-7,16H,(H,15,17,18). The first-order valence-electron chi connectivity index (χ1n) is 5.44. The van der Waals surface area contributed by atoms with Gasteiger partial charge in [0.15, 0.2) is 0 Å². The van der Waals surface area contributed by atoms with Crippen molar-refractivity contribution in [1.82, 2.24) is 4.98 Å². The molecule has 0 aliphatic rings. The molecule has 2 aromatic carbocycles. The van der Waals surface area contributed by atoms with Gasteiger partial charge in [-0.3, -0.25) is 14.6 Å². The van der Waals surface area contributed by atoms with Gasteiger partial charge in [0, 0.05) is 10.8 Å². The molecule has 0 spiro atoms. The average Bonchev–Trinajstić information content (AvgIpc) is 2.58. The molecule has 4 heteroatoms. The minimum absolute atomic E-state index is 0.159. The lowest BCUT2D eigenvalue weighted by molar-refractivity contribution is 0.475. The molecule has 0 fully saturated rings. The van der Waals surface area contributed by atoms with Crippen LogP contribution in [0.15, 0.2) is 52.1 Å². The number of hydrogen-bond donors (Lipinski definition) is 2. The van der Waals surface area contributed by atoms with Gasteiger partial charge in [0.2, 0.25) is 0 Å². The molecule has 0 saturated carbocycles. The largest absolute Gasteiger partial charge is 0.508 e. The topological polar surface area (TPSA) is 70.2 Å². The van der Waals surface area contributed by atoms with Crippen molar-refractivity contribution in [2.75, 3.05) is 0 Å². The third-order valence-electron chi connectivity index (χ3n) is 2.93. The quantitative estimate of drug-likeness (QED) is 0.679. The van der Waals surface area contributed by atoms with Crippen LogP contribution in [-0.4, -0.2) is 10.1 Å². The Morgan fingerprint density at radius 2 is 1.61 bits per heavy atom. The number of rotatable bonds is 1. The van der Waals surface area contributed by atoms with E-state index in [1.54, 1.807) is 42.5 Å². The number of H-pyrrole nitrogens is 1. The molecule has 0 amide bonds. The Morgan fingerprint density at radius 1 is 0.889 bits per heavy atom. The van der Waals surface area contributed by atoms with Crippen LogP contribution in [0, 0.1) is 0 Å². The zero-order valence-corrected chi connectivity index (χ0v) is 9.31. The maximum Gasteiger partial charge on any atom is 0.258 e. The SMILES string of the molecule is O=c1[nH]c(=O)c2ccc1cc2-c1ccc(O)cc1. The number of aromatic amines is 1. The molecule has 0 saturated heterocycles. The van der Waals surface area contributed by atoms with E-state index in [-0.39, 0.29) is 11.3 Å². The molecule has 0 unspecified atom stereocenters. The lowest BCUT2D eigenvalue weighted by atomic mass is 10.0. The minimum atomic E-state index is -0.400. The second kappa shape index (κ2) is 3.70. The molecule has 2 N–H and O–H groups in total. The molecule has 0 aliphatic carbocycles. The van der Waals surface area contributed by atoms with E-state index in [2.05, 4.69) is 4.98 Å². The zero-order valence-electron chi connectivity index (χ0n) is 9.31. The molecule has 18 heavy (non-hydrogen) atoms. The number of phenols is 1. The molecule has 2 bridgehead atoms. The maximum absolute atomic E-state index is 11.8. The number of nitrogens with one attached hydrogen (secondary N) is 1. The van der Waals surface area contributed by atoms with Gasteiger partial charge in [0.05, 0.1) is 0 Å². The summed E-state index contributed by atoms with van der Waals surface area (Å²) in [5.74, 6) is 0.159. The van der Waals surface area contributed by atoms with E-state index in [1.165, 1.54) is 0 Å². The first kappa shape index (κ1) is 10.5. The Labute approximate surface area is 101 Å². The number of benzene rings is 2. The predicted octanol–water partition coefficient (Wildman–Crippen LogP) is 1.70. The van der Waals surface area contributed by atoms with E-state index in [4.69, 9.17) is 0 Å². The van der Waals surface area contributed by atoms with E-state index in [9.17, 15) is 14.7 Å². The Balaban J connectivity index is 2.41. The number of fused-ring (bicyclic) bond motifs is 4. The minimum Gasteiger partial charge on any atom is -0.508 e. The molecule has 4 nitrogen and oxygen atoms in total. The van der Waals surface area contributed by atoms with Crippen molar-refractivity contribution < 1.29 is 5.11 Å². The van der Waals surface area contributed by atoms with Crippen LogP contribution in [-0.2, 0) is 0 Å². The van der Waals surface area contributed by atoms with Crippen LogP contribution in [0.5, 0.6) is 5.75 Å². The monoisotopic (exact) mass is 239 g/mol. The summed E-state index contributed by atoms with van der Waals surface area (Å²) in [6.07, 6.45) is 0. The highest BCUT2D eigenvalue weighted by Gasteiger charge is 2.08. The summed E-state index contributed by atoms with van der Waals surface area (Å²) in [4.78, 5) is 25.7. The highest BCUT2D eigenvalue weighted by Crippen LogP contribution is 2.25. The van der Waals surface area contributed by atoms with E-state index in [0.717, 1.165) is 5.56 Å². The molecule has 0 radical (unpaired) electrons. The van der Waals surface area contributed by atoms with E-state index in [0.29, 0.717) is 16.3 Å². The lowest BCUT2D eigenvalue weighted by Gasteiger charge is -2.02. The first-order chi connectivity index (χ1) is 8.65. The van der Waals surface area contributed by atoms with Gasteiger partial charge in [0.25, 0.3) is 11.1 Å². The molecule has 4 aromatic rings. The van der Waals surface area contributed by atoms with E-state index in [1.807, 2.05) is 0 Å². The summed E-state index contributed by atoms with van der Waals surface area (Å²) in [6, 6.07) is 11.5. The third-order valence-corrected chi connectivity index (χ3v) is 2.93. The number of aromatic hydroxyl groups is 1. The Morgan fingerprint density at radius 3 is 2.33 bits per heavy atom. The predicted molar refractivity (Wildman–Crippen MR) is 69.1 cm³/mol. The number of aromatic nitrogens is 1. The van der Waals surface area contributed by atoms with Gasteiger partial charge in [0.1, 0.15) is 5.75 Å². The molecule has 0 atom stereocenters. The Hall–Kier alpha value is -2.62. The summed E-state index contributed by atoms with van der Waals surface area (Å²) in [6.45, 7) is 0. The average molecular weight is 239 g/mol. The number of phenolic OH excluding ortho intramolecular Hbond substituents is 1. The van der Waals surface area contributed by atoms with Crippen molar-refractivity contribution >= 4 is 10.8 Å². The Bertz CT molecular complexity index is 819.